The van der Waals surface area contributed by atoms with E-state index in [0.717, 1.165) is 19.4 Å². The summed E-state index contributed by atoms with van der Waals surface area (Å²) in [4.78, 5) is 19.2. The topological polar surface area (TPSA) is 59.2 Å². The number of nitrogens with two attached hydrogens (primary N) is 1. The zero-order valence-electron chi connectivity index (χ0n) is 14.5. The van der Waals surface area contributed by atoms with Gasteiger partial charge in [-0.1, -0.05) is 43.2 Å². The zero-order chi connectivity index (χ0) is 17.2. The molecule has 2 aliphatic rings. The van der Waals surface area contributed by atoms with Crippen molar-refractivity contribution in [3.63, 3.8) is 0 Å². The van der Waals surface area contributed by atoms with E-state index < -0.39 is 0 Å². The molecule has 2 N–H and O–H groups in total. The van der Waals surface area contributed by atoms with Crippen molar-refractivity contribution in [3.8, 4) is 0 Å². The minimum absolute atomic E-state index is 0.0725. The van der Waals surface area contributed by atoms with E-state index in [1.165, 1.54) is 24.8 Å². The third-order valence-corrected chi connectivity index (χ3v) is 5.95. The molecule has 1 amide bonds. The summed E-state index contributed by atoms with van der Waals surface area (Å²) in [5.74, 6) is 1.19. The molecular weight excluding hydrogens is 310 g/mol. The summed E-state index contributed by atoms with van der Waals surface area (Å²) >= 11 is 0. The second-order valence-corrected chi connectivity index (χ2v) is 7.28. The van der Waals surface area contributed by atoms with Crippen molar-refractivity contribution in [3.05, 3.63) is 59.9 Å². The Morgan fingerprint density at radius 1 is 1.08 bits per heavy atom. The molecule has 0 unspecified atom stereocenters. The first-order valence-corrected chi connectivity index (χ1v) is 9.31. The van der Waals surface area contributed by atoms with Crippen LogP contribution in [-0.4, -0.2) is 28.4 Å². The maximum absolute atomic E-state index is 13.1. The lowest BCUT2D eigenvalue weighted by Gasteiger charge is -2.48. The first kappa shape index (κ1) is 16.1. The van der Waals surface area contributed by atoms with Crippen molar-refractivity contribution in [1.82, 2.24) is 9.88 Å². The van der Waals surface area contributed by atoms with Gasteiger partial charge in [0.1, 0.15) is 0 Å². The van der Waals surface area contributed by atoms with E-state index in [-0.39, 0.29) is 5.91 Å². The molecule has 1 aromatic heterocycles. The fourth-order valence-corrected chi connectivity index (χ4v) is 4.78. The van der Waals surface area contributed by atoms with E-state index in [1.807, 2.05) is 0 Å². The van der Waals surface area contributed by atoms with E-state index in [0.29, 0.717) is 29.1 Å². The molecule has 4 nitrogen and oxygen atoms in total. The Labute approximate surface area is 149 Å². The third-order valence-electron chi connectivity index (χ3n) is 5.95. The summed E-state index contributed by atoms with van der Waals surface area (Å²) in [6, 6.07) is 12.9. The molecule has 2 heterocycles. The van der Waals surface area contributed by atoms with Crippen molar-refractivity contribution < 1.29 is 4.79 Å². The highest BCUT2D eigenvalue weighted by Crippen LogP contribution is 2.44. The largest absolute Gasteiger partial charge is 0.397 e. The molecule has 2 aromatic rings. The van der Waals surface area contributed by atoms with Gasteiger partial charge in [-0.2, -0.15) is 0 Å². The standard InChI is InChI=1S/C21H25N3O/c22-19-14-23-12-10-18(19)21(25)24-13-11-16(15-6-2-1-3-7-15)17-8-4-5-9-20(17)24/h1-3,6-7,10,12,14,16-17,20H,4-5,8-9,11,13,22H2/t16-,17-,20-/m1/s1. The average Bonchev–Trinajstić information content (AvgIpc) is 2.68. The number of nitrogens with zero attached hydrogens (tertiary/aromatic N) is 2. The first-order valence-electron chi connectivity index (χ1n) is 9.31. The molecule has 2 fully saturated rings. The van der Waals surface area contributed by atoms with Crippen molar-refractivity contribution in [1.29, 1.82) is 0 Å². The van der Waals surface area contributed by atoms with E-state index >= 15 is 0 Å². The fourth-order valence-electron chi connectivity index (χ4n) is 4.78. The van der Waals surface area contributed by atoms with Crippen LogP contribution >= 0.6 is 0 Å². The number of carbonyl (C=O) groups is 1. The van der Waals surface area contributed by atoms with Gasteiger partial charge in [-0.25, -0.2) is 0 Å². The number of hydrogen-bond donors (Lipinski definition) is 1. The van der Waals surface area contributed by atoms with Gasteiger partial charge in [-0.05, 0) is 42.7 Å². The number of aromatic nitrogens is 1. The Bertz CT molecular complexity index is 746. The van der Waals surface area contributed by atoms with Crippen LogP contribution in [0.1, 0.15) is 53.9 Å². The average molecular weight is 335 g/mol. The van der Waals surface area contributed by atoms with Gasteiger partial charge in [-0.15, -0.1) is 0 Å². The van der Waals surface area contributed by atoms with Crippen LogP contribution in [0.15, 0.2) is 48.8 Å². The molecule has 0 radical (unpaired) electrons. The lowest BCUT2D eigenvalue weighted by atomic mass is 9.69. The predicted molar refractivity (Wildman–Crippen MR) is 99.2 cm³/mol. The van der Waals surface area contributed by atoms with E-state index in [2.05, 4.69) is 40.2 Å². The molecule has 3 atom stereocenters. The molecule has 4 rings (SSSR count). The van der Waals surface area contributed by atoms with Crippen LogP contribution in [0.5, 0.6) is 0 Å². The molecule has 1 saturated heterocycles. The number of rotatable bonds is 2. The van der Waals surface area contributed by atoms with Gasteiger partial charge in [0.2, 0.25) is 0 Å². The molecule has 1 aromatic carbocycles. The number of fused-ring (bicyclic) bond motifs is 1. The second kappa shape index (κ2) is 6.87. The number of piperidine rings is 1. The van der Waals surface area contributed by atoms with E-state index in [9.17, 15) is 4.79 Å². The number of carbonyl (C=O) groups excluding carboxylic acids is 1. The Kier molecular flexibility index (Phi) is 4.43. The van der Waals surface area contributed by atoms with Crippen LogP contribution in [0.4, 0.5) is 5.69 Å². The lowest BCUT2D eigenvalue weighted by Crippen LogP contribution is -2.52. The number of nitrogen functional groups attached to an aromatic ring is 1. The zero-order valence-corrected chi connectivity index (χ0v) is 14.5. The minimum Gasteiger partial charge on any atom is -0.397 e. The highest BCUT2D eigenvalue weighted by atomic mass is 16.2. The smallest absolute Gasteiger partial charge is 0.256 e. The van der Waals surface area contributed by atoms with E-state index in [1.54, 1.807) is 18.5 Å². The van der Waals surface area contributed by atoms with Crippen LogP contribution < -0.4 is 5.73 Å². The van der Waals surface area contributed by atoms with Crippen LogP contribution in [0, 0.1) is 5.92 Å². The monoisotopic (exact) mass is 335 g/mol. The van der Waals surface area contributed by atoms with Gasteiger partial charge in [0.15, 0.2) is 0 Å². The van der Waals surface area contributed by atoms with Crippen molar-refractivity contribution >= 4 is 11.6 Å². The number of anilines is 1. The highest BCUT2D eigenvalue weighted by Gasteiger charge is 2.42. The van der Waals surface area contributed by atoms with Gasteiger partial charge in [0.05, 0.1) is 17.4 Å². The van der Waals surface area contributed by atoms with Crippen molar-refractivity contribution in [2.24, 2.45) is 5.92 Å². The van der Waals surface area contributed by atoms with Gasteiger partial charge < -0.3 is 10.6 Å². The highest BCUT2D eigenvalue weighted by molar-refractivity contribution is 5.99. The number of likely N-dealkylation sites (tertiary alicyclic amines) is 1. The molecular formula is C21H25N3O. The molecule has 1 aliphatic carbocycles. The Balaban J connectivity index is 1.62. The van der Waals surface area contributed by atoms with Gasteiger partial charge in [0, 0.05) is 18.8 Å². The Morgan fingerprint density at radius 2 is 1.88 bits per heavy atom. The van der Waals surface area contributed by atoms with E-state index in [4.69, 9.17) is 5.73 Å². The number of amides is 1. The normalized spacial score (nSPS) is 26.1. The number of pyridine rings is 1. The fraction of sp³-hybridized carbons (Fsp3) is 0.429. The maximum atomic E-state index is 13.1. The minimum atomic E-state index is 0.0725. The molecule has 1 aliphatic heterocycles. The molecule has 0 spiro atoms. The quantitative estimate of drug-likeness (QED) is 0.907. The summed E-state index contributed by atoms with van der Waals surface area (Å²) in [6.07, 6.45) is 9.04. The summed E-state index contributed by atoms with van der Waals surface area (Å²) < 4.78 is 0. The van der Waals surface area contributed by atoms with Crippen molar-refractivity contribution in [2.75, 3.05) is 12.3 Å². The van der Waals surface area contributed by atoms with Gasteiger partial charge in [-0.3, -0.25) is 9.78 Å². The molecule has 1 saturated carbocycles. The Hall–Kier alpha value is -2.36. The first-order chi connectivity index (χ1) is 12.3. The maximum Gasteiger partial charge on any atom is 0.256 e. The molecule has 25 heavy (non-hydrogen) atoms. The predicted octanol–water partition coefficient (Wildman–Crippen LogP) is 3.85. The SMILES string of the molecule is Nc1cnccc1C(=O)N1CC[C@H](c2ccccc2)[C@H]2CCCC[C@H]21. The summed E-state index contributed by atoms with van der Waals surface area (Å²) in [6.45, 7) is 0.807. The summed E-state index contributed by atoms with van der Waals surface area (Å²) in [5, 5.41) is 0. The second-order valence-electron chi connectivity index (χ2n) is 7.28. The third kappa shape index (κ3) is 3.01. The number of benzene rings is 1. The van der Waals surface area contributed by atoms with Crippen LogP contribution in [0.25, 0.3) is 0 Å². The van der Waals surface area contributed by atoms with Crippen LogP contribution in [-0.2, 0) is 0 Å². The molecule has 0 bridgehead atoms. The van der Waals surface area contributed by atoms with Crippen LogP contribution in [0.2, 0.25) is 0 Å². The van der Waals surface area contributed by atoms with Gasteiger partial charge >= 0.3 is 0 Å². The van der Waals surface area contributed by atoms with Crippen molar-refractivity contribution in [2.45, 2.75) is 44.1 Å². The molecule has 4 heteroatoms. The summed E-state index contributed by atoms with van der Waals surface area (Å²) in [7, 11) is 0. The number of hydrogen-bond acceptors (Lipinski definition) is 3. The lowest BCUT2D eigenvalue weighted by molar-refractivity contribution is 0.0320. The Morgan fingerprint density at radius 3 is 2.68 bits per heavy atom. The van der Waals surface area contributed by atoms with Crippen LogP contribution in [0.3, 0.4) is 0 Å². The van der Waals surface area contributed by atoms with Gasteiger partial charge in [0.25, 0.3) is 5.91 Å². The summed E-state index contributed by atoms with van der Waals surface area (Å²) in [5.41, 5.74) is 8.50. The molecule has 130 valence electrons.